The molecule has 0 amide bonds. The van der Waals surface area contributed by atoms with Gasteiger partial charge >= 0.3 is 0 Å². The number of hydrogen-bond acceptors (Lipinski definition) is 2. The number of Topliss-reactive ketones (excluding diaryl/α,β-unsaturated/α-hetero) is 2. The average Bonchev–Trinajstić information content (AvgIpc) is 2.14. The van der Waals surface area contributed by atoms with Crippen LogP contribution in [0.1, 0.15) is 33.1 Å². The number of rotatable bonds is 1. The van der Waals surface area contributed by atoms with Crippen molar-refractivity contribution >= 4 is 23.2 Å². The van der Waals surface area contributed by atoms with Crippen LogP contribution in [0.4, 0.5) is 0 Å². The van der Waals surface area contributed by atoms with Crippen LogP contribution in [0.25, 0.3) is 0 Å². The minimum atomic E-state index is -1.37. The topological polar surface area (TPSA) is 34.1 Å². The summed E-state index contributed by atoms with van der Waals surface area (Å²) in [5.74, 6) is 4.74. The molecule has 0 aliphatic heterocycles. The van der Waals surface area contributed by atoms with Crippen LogP contribution in [0.3, 0.4) is 0 Å². The Morgan fingerprint density at radius 2 is 1.86 bits per heavy atom. The van der Waals surface area contributed by atoms with Crippen LogP contribution < -0.4 is 0 Å². The van der Waals surface area contributed by atoms with Gasteiger partial charge in [0.05, 0.1) is 5.92 Å². The van der Waals surface area contributed by atoms with Gasteiger partial charge in [-0.05, 0) is 20.3 Å². The molecule has 0 aromatic heterocycles. The Morgan fingerprint density at radius 1 is 1.36 bits per heavy atom. The van der Waals surface area contributed by atoms with Crippen molar-refractivity contribution in [1.82, 2.24) is 0 Å². The molecule has 0 saturated heterocycles. The minimum absolute atomic E-state index is 0.175. The Morgan fingerprint density at radius 3 is 2.29 bits per heavy atom. The monoisotopic (exact) mass is 212 g/mol. The highest BCUT2D eigenvalue weighted by Crippen LogP contribution is 2.34. The third kappa shape index (κ3) is 1.69. The molecule has 2 nitrogen and oxygen atoms in total. The predicted octanol–water partition coefficient (Wildman–Crippen LogP) is 1.95. The molecular formula is C11H13ClO2. The van der Waals surface area contributed by atoms with Gasteiger partial charge in [-0.1, -0.05) is 5.92 Å². The van der Waals surface area contributed by atoms with E-state index in [1.165, 1.54) is 0 Å². The summed E-state index contributed by atoms with van der Waals surface area (Å²) in [5, 5.41) is 0. The fraction of sp³-hybridized carbons (Fsp3) is 0.636. The number of alkyl halides is 1. The van der Waals surface area contributed by atoms with Gasteiger partial charge in [-0.3, -0.25) is 9.59 Å². The van der Waals surface area contributed by atoms with E-state index in [0.29, 0.717) is 19.3 Å². The fourth-order valence-corrected chi connectivity index (χ4v) is 1.97. The first kappa shape index (κ1) is 11.3. The second-order valence-corrected chi connectivity index (χ2v) is 4.12. The molecule has 0 N–H and O–H groups in total. The average molecular weight is 213 g/mol. The van der Waals surface area contributed by atoms with Gasteiger partial charge in [0.25, 0.3) is 0 Å². The second kappa shape index (κ2) is 4.14. The lowest BCUT2D eigenvalue weighted by Gasteiger charge is -2.30. The number of hydrogen-bond donors (Lipinski definition) is 0. The largest absolute Gasteiger partial charge is 0.297 e. The lowest BCUT2D eigenvalue weighted by Crippen LogP contribution is -2.49. The van der Waals surface area contributed by atoms with Crippen molar-refractivity contribution in [2.75, 3.05) is 0 Å². The molecule has 1 saturated carbocycles. The molecule has 0 aromatic rings. The van der Waals surface area contributed by atoms with Crippen LogP contribution in [-0.4, -0.2) is 16.4 Å². The van der Waals surface area contributed by atoms with E-state index in [2.05, 4.69) is 11.8 Å². The maximum Gasteiger partial charge on any atom is 0.174 e. The summed E-state index contributed by atoms with van der Waals surface area (Å²) in [6, 6.07) is 0. The zero-order chi connectivity index (χ0) is 10.8. The first-order valence-electron chi connectivity index (χ1n) is 4.71. The molecule has 1 rings (SSSR count). The molecule has 3 heteroatoms. The van der Waals surface area contributed by atoms with Crippen molar-refractivity contribution in [2.24, 2.45) is 5.92 Å². The molecule has 1 unspecified atom stereocenters. The second-order valence-electron chi connectivity index (χ2n) is 3.53. The van der Waals surface area contributed by atoms with Crippen molar-refractivity contribution in [1.29, 1.82) is 0 Å². The molecule has 0 radical (unpaired) electrons. The number of ketones is 2. The Kier molecular flexibility index (Phi) is 3.34. The van der Waals surface area contributed by atoms with E-state index >= 15 is 0 Å². The van der Waals surface area contributed by atoms with E-state index in [4.69, 9.17) is 11.6 Å². The van der Waals surface area contributed by atoms with E-state index < -0.39 is 10.8 Å². The number of carbonyl (C=O) groups is 2. The summed E-state index contributed by atoms with van der Waals surface area (Å²) in [6.45, 7) is 3.40. The highest BCUT2D eigenvalue weighted by Gasteiger charge is 2.48. The Balaban J connectivity index is 3.02. The zero-order valence-corrected chi connectivity index (χ0v) is 9.15. The van der Waals surface area contributed by atoms with Crippen molar-refractivity contribution in [2.45, 2.75) is 38.0 Å². The molecule has 0 aromatic carbocycles. The van der Waals surface area contributed by atoms with Gasteiger partial charge in [0.2, 0.25) is 0 Å². The maximum atomic E-state index is 11.6. The van der Waals surface area contributed by atoms with E-state index in [9.17, 15) is 9.59 Å². The summed E-state index contributed by atoms with van der Waals surface area (Å²) < 4.78 is 0. The molecule has 1 aliphatic rings. The van der Waals surface area contributed by atoms with Gasteiger partial charge in [-0.15, -0.1) is 17.5 Å². The van der Waals surface area contributed by atoms with Crippen LogP contribution >= 0.6 is 11.6 Å². The summed E-state index contributed by atoms with van der Waals surface area (Å²) in [7, 11) is 0. The first-order chi connectivity index (χ1) is 6.53. The van der Waals surface area contributed by atoms with Crippen molar-refractivity contribution < 1.29 is 9.59 Å². The Bertz CT molecular complexity index is 306. The maximum absolute atomic E-state index is 11.6. The van der Waals surface area contributed by atoms with Crippen LogP contribution in [0.15, 0.2) is 0 Å². The smallest absolute Gasteiger partial charge is 0.174 e. The minimum Gasteiger partial charge on any atom is -0.297 e. The molecule has 76 valence electrons. The molecule has 0 bridgehead atoms. The lowest BCUT2D eigenvalue weighted by molar-refractivity contribution is -0.134. The third-order valence-electron chi connectivity index (χ3n) is 2.58. The first-order valence-corrected chi connectivity index (χ1v) is 5.09. The summed E-state index contributed by atoms with van der Waals surface area (Å²) in [4.78, 5) is 21.9. The summed E-state index contributed by atoms with van der Waals surface area (Å²) in [6.07, 6.45) is 1.41. The SMILES string of the molecule is CC#CC(C)C1(Cl)C(=O)CCCC1=O. The highest BCUT2D eigenvalue weighted by atomic mass is 35.5. The van der Waals surface area contributed by atoms with Crippen LogP contribution in [-0.2, 0) is 9.59 Å². The molecule has 0 spiro atoms. The van der Waals surface area contributed by atoms with Crippen LogP contribution in [0.5, 0.6) is 0 Å². The molecule has 14 heavy (non-hydrogen) atoms. The fourth-order valence-electron chi connectivity index (χ4n) is 1.73. The van der Waals surface area contributed by atoms with Crippen molar-refractivity contribution in [3.05, 3.63) is 0 Å². The quantitative estimate of drug-likeness (QED) is 0.378. The van der Waals surface area contributed by atoms with E-state index in [0.717, 1.165) is 0 Å². The molecule has 1 atom stereocenters. The van der Waals surface area contributed by atoms with Crippen LogP contribution in [0.2, 0.25) is 0 Å². The number of halogens is 1. The normalized spacial score (nSPS) is 22.5. The zero-order valence-electron chi connectivity index (χ0n) is 8.39. The molecule has 1 fully saturated rings. The van der Waals surface area contributed by atoms with Gasteiger partial charge in [0, 0.05) is 12.8 Å². The molecule has 0 heterocycles. The lowest BCUT2D eigenvalue weighted by atomic mass is 9.78. The third-order valence-corrected chi connectivity index (χ3v) is 3.33. The van der Waals surface area contributed by atoms with Gasteiger partial charge < -0.3 is 0 Å². The summed E-state index contributed by atoms with van der Waals surface area (Å²) >= 11 is 6.10. The molecular weight excluding hydrogens is 200 g/mol. The van der Waals surface area contributed by atoms with Crippen molar-refractivity contribution in [3.8, 4) is 11.8 Å². The Hall–Kier alpha value is -0.810. The summed E-state index contributed by atoms with van der Waals surface area (Å²) in [5.41, 5.74) is 0. The van der Waals surface area contributed by atoms with Gasteiger partial charge in [0.1, 0.15) is 0 Å². The Labute approximate surface area is 89.0 Å². The van der Waals surface area contributed by atoms with Gasteiger partial charge in [-0.2, -0.15) is 0 Å². The highest BCUT2D eigenvalue weighted by molar-refractivity contribution is 6.47. The van der Waals surface area contributed by atoms with E-state index in [1.54, 1.807) is 13.8 Å². The van der Waals surface area contributed by atoms with E-state index in [1.807, 2.05) is 0 Å². The molecule has 1 aliphatic carbocycles. The van der Waals surface area contributed by atoms with Crippen LogP contribution in [0, 0.1) is 17.8 Å². The van der Waals surface area contributed by atoms with Crippen molar-refractivity contribution in [3.63, 3.8) is 0 Å². The van der Waals surface area contributed by atoms with Gasteiger partial charge in [-0.25, -0.2) is 0 Å². The predicted molar refractivity (Wildman–Crippen MR) is 55.1 cm³/mol. The van der Waals surface area contributed by atoms with Gasteiger partial charge in [0.15, 0.2) is 16.4 Å². The van der Waals surface area contributed by atoms with E-state index in [-0.39, 0.29) is 11.6 Å². The standard InChI is InChI=1S/C11H13ClO2/c1-3-5-8(2)11(12)9(13)6-4-7-10(11)14/h8H,4,6-7H2,1-2H3. The number of carbonyl (C=O) groups excluding carboxylic acids is 2.